The van der Waals surface area contributed by atoms with Crippen LogP contribution in [0, 0.1) is 13.7 Å². The van der Waals surface area contributed by atoms with Gasteiger partial charge < -0.3 is 4.74 Å². The van der Waals surface area contributed by atoms with Crippen LogP contribution in [-0.2, 0) is 0 Å². The summed E-state index contributed by atoms with van der Waals surface area (Å²) in [5, 5.41) is 15.8. The summed E-state index contributed by atoms with van der Waals surface area (Å²) in [6.07, 6.45) is 3.56. The van der Waals surface area contributed by atoms with E-state index in [2.05, 4.69) is 48.6 Å². The first-order chi connectivity index (χ1) is 16.8. The van der Waals surface area contributed by atoms with Gasteiger partial charge in [0.25, 0.3) is 11.2 Å². The molecule has 0 unspecified atom stereocenters. The molecule has 9 nitrogen and oxygen atoms in total. The number of fused-ring (bicyclic) bond motifs is 1. The molecule has 0 saturated carbocycles. The average molecular weight is 648 g/mol. The molecule has 0 amide bonds. The lowest BCUT2D eigenvalue weighted by Crippen LogP contribution is -2.23. The maximum absolute atomic E-state index is 13.3. The second-order valence-electron chi connectivity index (χ2n) is 7.71. The Morgan fingerprint density at radius 2 is 2.06 bits per heavy atom. The molecular weight excluding hydrogens is 629 g/mol. The maximum Gasteiger partial charge on any atom is 0.287 e. The van der Waals surface area contributed by atoms with Gasteiger partial charge in [0.2, 0.25) is 5.88 Å². The summed E-state index contributed by atoms with van der Waals surface area (Å²) >= 11 is 5.54. The second-order valence-corrected chi connectivity index (χ2v) is 9.78. The molecule has 2 heterocycles. The first-order valence-corrected chi connectivity index (χ1v) is 12.5. The highest BCUT2D eigenvalue weighted by molar-refractivity contribution is 14.1. The van der Waals surface area contributed by atoms with E-state index in [4.69, 9.17) is 9.72 Å². The van der Waals surface area contributed by atoms with Crippen LogP contribution in [0.2, 0.25) is 0 Å². The monoisotopic (exact) mass is 647 g/mol. The third-order valence-electron chi connectivity index (χ3n) is 5.31. The van der Waals surface area contributed by atoms with Gasteiger partial charge in [-0.3, -0.25) is 14.9 Å². The van der Waals surface area contributed by atoms with E-state index < -0.39 is 4.92 Å². The van der Waals surface area contributed by atoms with Crippen molar-refractivity contribution in [2.24, 2.45) is 5.10 Å². The molecule has 0 aliphatic rings. The van der Waals surface area contributed by atoms with Crippen LogP contribution in [0.3, 0.4) is 0 Å². The zero-order chi connectivity index (χ0) is 25.1. The smallest absolute Gasteiger partial charge is 0.287 e. The maximum atomic E-state index is 13.3. The van der Waals surface area contributed by atoms with Crippen molar-refractivity contribution in [1.29, 1.82) is 0 Å². The Kier molecular flexibility index (Phi) is 7.55. The van der Waals surface area contributed by atoms with Crippen molar-refractivity contribution in [3.05, 3.63) is 94.6 Å². The van der Waals surface area contributed by atoms with Gasteiger partial charge in [-0.05, 0) is 71.0 Å². The van der Waals surface area contributed by atoms with E-state index in [-0.39, 0.29) is 23.0 Å². The molecule has 0 fully saturated rings. The van der Waals surface area contributed by atoms with Gasteiger partial charge >= 0.3 is 0 Å². The van der Waals surface area contributed by atoms with Gasteiger partial charge in [0.05, 0.1) is 25.6 Å². The molecule has 2 aromatic carbocycles. The van der Waals surface area contributed by atoms with Crippen LogP contribution in [0.4, 0.5) is 5.69 Å². The van der Waals surface area contributed by atoms with Crippen LogP contribution in [0.5, 0.6) is 11.6 Å². The highest BCUT2D eigenvalue weighted by Gasteiger charge is 2.16. The summed E-state index contributed by atoms with van der Waals surface area (Å²) < 4.78 is 8.69. The normalized spacial score (nSPS) is 12.2. The van der Waals surface area contributed by atoms with Crippen LogP contribution in [0.15, 0.2) is 69.1 Å². The third kappa shape index (κ3) is 5.56. The highest BCUT2D eigenvalue weighted by atomic mass is 127. The Morgan fingerprint density at radius 1 is 1.26 bits per heavy atom. The average Bonchev–Trinajstić information content (AvgIpc) is 2.85. The fourth-order valence-corrected chi connectivity index (χ4v) is 4.25. The zero-order valence-electron chi connectivity index (χ0n) is 18.7. The number of ether oxygens (including phenoxy) is 1. The first kappa shape index (κ1) is 24.9. The lowest BCUT2D eigenvalue weighted by Gasteiger charge is -2.14. The second kappa shape index (κ2) is 10.6. The molecule has 0 aliphatic heterocycles. The van der Waals surface area contributed by atoms with Crippen molar-refractivity contribution in [2.75, 3.05) is 0 Å². The zero-order valence-corrected chi connectivity index (χ0v) is 22.4. The number of halogens is 2. The number of hydrogen-bond acceptors (Lipinski definition) is 7. The predicted molar refractivity (Wildman–Crippen MR) is 146 cm³/mol. The van der Waals surface area contributed by atoms with Crippen molar-refractivity contribution in [1.82, 2.24) is 14.6 Å². The molecule has 4 aromatic rings. The number of nitrogens with zero attached hydrogens (tertiary/aromatic N) is 5. The molecule has 35 heavy (non-hydrogen) atoms. The molecule has 0 spiro atoms. The summed E-state index contributed by atoms with van der Waals surface area (Å²) in [5.74, 6) is 1.42. The van der Waals surface area contributed by atoms with Gasteiger partial charge in [-0.2, -0.15) is 9.78 Å². The molecule has 0 bridgehead atoms. The quantitative estimate of drug-likeness (QED) is 0.101. The highest BCUT2D eigenvalue weighted by Crippen LogP contribution is 2.27. The van der Waals surface area contributed by atoms with E-state index in [1.165, 1.54) is 16.8 Å². The summed E-state index contributed by atoms with van der Waals surface area (Å²) in [6, 6.07) is 13.6. The van der Waals surface area contributed by atoms with Gasteiger partial charge in [0.1, 0.15) is 17.8 Å². The predicted octanol–water partition coefficient (Wildman–Crippen LogP) is 6.25. The largest absolute Gasteiger partial charge is 0.438 e. The lowest BCUT2D eigenvalue weighted by atomic mass is 10.1. The number of hydrogen-bond donors (Lipinski definition) is 0. The molecule has 2 aromatic heterocycles. The SMILES string of the molecule is CC[C@@H](C)c1nc2ccc(Br)cc2c(=O)n1N=Cc1ccc(Oc2ccc([N+](=O)[O-])cn2)c(I)c1. The molecule has 0 N–H and O–H groups in total. The third-order valence-corrected chi connectivity index (χ3v) is 6.65. The van der Waals surface area contributed by atoms with Gasteiger partial charge in [0.15, 0.2) is 0 Å². The van der Waals surface area contributed by atoms with Crippen molar-refractivity contribution in [2.45, 2.75) is 26.2 Å². The standard InChI is InChI=1S/C24H19BrIN5O4/c1-3-14(2)23-29-20-7-5-16(25)11-18(20)24(32)30(23)28-12-15-4-8-21(19(26)10-15)35-22-9-6-17(13-27-22)31(33)34/h4-14H,3H2,1-2H3/t14-/m1/s1. The van der Waals surface area contributed by atoms with E-state index in [1.807, 2.05) is 32.0 Å². The summed E-state index contributed by atoms with van der Waals surface area (Å²) in [5.41, 5.74) is 1.05. The fraction of sp³-hybridized carbons (Fsp3) is 0.167. The van der Waals surface area contributed by atoms with Crippen molar-refractivity contribution >= 4 is 61.3 Å². The number of pyridine rings is 1. The van der Waals surface area contributed by atoms with Crippen molar-refractivity contribution in [3.63, 3.8) is 0 Å². The topological polar surface area (TPSA) is 113 Å². The first-order valence-electron chi connectivity index (χ1n) is 10.6. The molecule has 4 rings (SSSR count). The molecule has 178 valence electrons. The van der Waals surface area contributed by atoms with Gasteiger partial charge in [0, 0.05) is 22.5 Å². The van der Waals surface area contributed by atoms with E-state index in [0.717, 1.165) is 26.2 Å². The Bertz CT molecular complexity index is 1500. The molecule has 0 radical (unpaired) electrons. The van der Waals surface area contributed by atoms with E-state index in [0.29, 0.717) is 22.5 Å². The van der Waals surface area contributed by atoms with E-state index >= 15 is 0 Å². The number of nitro groups is 1. The number of aromatic nitrogens is 3. The van der Waals surface area contributed by atoms with E-state index in [1.54, 1.807) is 24.4 Å². The molecular formula is C24H19BrIN5O4. The minimum absolute atomic E-state index is 0.0398. The van der Waals surface area contributed by atoms with Crippen LogP contribution in [0.1, 0.15) is 37.6 Å². The van der Waals surface area contributed by atoms with Gasteiger partial charge in [-0.25, -0.2) is 9.97 Å². The molecule has 0 aliphatic carbocycles. The molecule has 0 saturated heterocycles. The Morgan fingerprint density at radius 3 is 2.71 bits per heavy atom. The Labute approximate surface area is 222 Å². The minimum atomic E-state index is -0.517. The van der Waals surface area contributed by atoms with Gasteiger partial charge in [-0.15, -0.1) is 0 Å². The Hall–Kier alpha value is -3.19. The van der Waals surface area contributed by atoms with E-state index in [9.17, 15) is 14.9 Å². The van der Waals surface area contributed by atoms with Gasteiger partial charge in [-0.1, -0.05) is 29.8 Å². The summed E-state index contributed by atoms with van der Waals surface area (Å²) in [7, 11) is 0. The minimum Gasteiger partial charge on any atom is -0.438 e. The van der Waals surface area contributed by atoms with Crippen LogP contribution < -0.4 is 10.3 Å². The number of benzene rings is 2. The van der Waals surface area contributed by atoms with Crippen molar-refractivity contribution < 1.29 is 9.66 Å². The van der Waals surface area contributed by atoms with Crippen LogP contribution in [0.25, 0.3) is 10.9 Å². The number of rotatable bonds is 7. The molecule has 11 heteroatoms. The fourth-order valence-electron chi connectivity index (χ4n) is 3.24. The summed E-state index contributed by atoms with van der Waals surface area (Å²) in [4.78, 5) is 32.2. The lowest BCUT2D eigenvalue weighted by molar-refractivity contribution is -0.385. The Balaban J connectivity index is 1.65. The van der Waals surface area contributed by atoms with Crippen LogP contribution in [-0.4, -0.2) is 25.8 Å². The molecule has 1 atom stereocenters. The van der Waals surface area contributed by atoms with Crippen molar-refractivity contribution in [3.8, 4) is 11.6 Å². The summed E-state index contributed by atoms with van der Waals surface area (Å²) in [6.45, 7) is 4.05. The van der Waals surface area contributed by atoms with Crippen LogP contribution >= 0.6 is 38.5 Å².